The van der Waals surface area contributed by atoms with Gasteiger partial charge < -0.3 is 4.74 Å². The molecule has 4 rings (SSSR count). The number of carbonyl (C=O) groups is 1. The maximum absolute atomic E-state index is 12.3. The van der Waals surface area contributed by atoms with Crippen LogP contribution in [0, 0.1) is 12.3 Å². The van der Waals surface area contributed by atoms with Gasteiger partial charge in [-0.15, -0.1) is 6.42 Å². The van der Waals surface area contributed by atoms with Gasteiger partial charge in [0.05, 0.1) is 11.2 Å². The first-order valence-electron chi connectivity index (χ1n) is 9.38. The van der Waals surface area contributed by atoms with Crippen LogP contribution in [0.5, 0.6) is 0 Å². The molecule has 1 saturated carbocycles. The van der Waals surface area contributed by atoms with Crippen LogP contribution in [0.1, 0.15) is 32.1 Å². The largest absolute Gasteiger partial charge is 0.443 e. The Bertz CT molecular complexity index is 837. The van der Waals surface area contributed by atoms with Crippen LogP contribution in [0.25, 0.3) is 10.8 Å². The number of anilines is 1. The minimum absolute atomic E-state index is 0.0860. The van der Waals surface area contributed by atoms with Gasteiger partial charge in [0.1, 0.15) is 6.10 Å². The van der Waals surface area contributed by atoms with Crippen molar-refractivity contribution in [3.05, 3.63) is 42.5 Å². The summed E-state index contributed by atoms with van der Waals surface area (Å²) in [6.07, 6.45) is 11.1. The smallest absolute Gasteiger partial charge is 0.412 e. The van der Waals surface area contributed by atoms with Crippen LogP contribution in [0.3, 0.4) is 0 Å². The summed E-state index contributed by atoms with van der Waals surface area (Å²) in [6, 6.07) is 13.8. The Hall–Kier alpha value is -2.51. The van der Waals surface area contributed by atoms with Gasteiger partial charge in [-0.05, 0) is 24.3 Å². The molecule has 0 bridgehead atoms. The Morgan fingerprint density at radius 3 is 2.62 bits per heavy atom. The van der Waals surface area contributed by atoms with E-state index in [1.807, 2.05) is 42.5 Å². The number of terminal acetylenes is 1. The number of amides is 1. The second-order valence-electron chi connectivity index (χ2n) is 7.32. The normalized spacial score (nSPS) is 20.1. The van der Waals surface area contributed by atoms with E-state index >= 15 is 0 Å². The zero-order valence-electron chi connectivity index (χ0n) is 14.9. The second-order valence-corrected chi connectivity index (χ2v) is 7.32. The van der Waals surface area contributed by atoms with Crippen molar-refractivity contribution >= 4 is 22.6 Å². The highest BCUT2D eigenvalue weighted by Crippen LogP contribution is 2.36. The summed E-state index contributed by atoms with van der Waals surface area (Å²) in [6.45, 7) is 1.46. The van der Waals surface area contributed by atoms with Crippen LogP contribution in [-0.2, 0) is 4.74 Å². The molecule has 0 radical (unpaired) electrons. The Balaban J connectivity index is 1.35. The predicted octanol–water partition coefficient (Wildman–Crippen LogP) is 4.41. The van der Waals surface area contributed by atoms with E-state index in [0.717, 1.165) is 42.4 Å². The summed E-state index contributed by atoms with van der Waals surface area (Å²) < 4.78 is 5.59. The highest BCUT2D eigenvalue weighted by Gasteiger charge is 2.44. The third-order valence-electron chi connectivity index (χ3n) is 5.70. The molecular formula is C22H24N2O2. The highest BCUT2D eigenvalue weighted by atomic mass is 16.6. The summed E-state index contributed by atoms with van der Waals surface area (Å²) >= 11 is 0. The van der Waals surface area contributed by atoms with Crippen LogP contribution < -0.4 is 5.32 Å². The van der Waals surface area contributed by atoms with Crippen molar-refractivity contribution in [3.63, 3.8) is 0 Å². The van der Waals surface area contributed by atoms with Crippen LogP contribution in [0.2, 0.25) is 0 Å². The van der Waals surface area contributed by atoms with Gasteiger partial charge in [-0.25, -0.2) is 4.79 Å². The van der Waals surface area contributed by atoms with E-state index in [4.69, 9.17) is 11.2 Å². The maximum atomic E-state index is 12.3. The second kappa shape index (κ2) is 7.01. The van der Waals surface area contributed by atoms with Crippen molar-refractivity contribution in [2.24, 2.45) is 0 Å². The molecule has 26 heavy (non-hydrogen) atoms. The lowest BCUT2D eigenvalue weighted by molar-refractivity contribution is -0.0611. The number of hydrogen-bond acceptors (Lipinski definition) is 3. The number of nitrogens with one attached hydrogen (secondary N) is 1. The Kier molecular flexibility index (Phi) is 4.57. The van der Waals surface area contributed by atoms with Crippen molar-refractivity contribution in [2.75, 3.05) is 18.4 Å². The number of benzene rings is 2. The van der Waals surface area contributed by atoms with E-state index in [1.165, 1.54) is 19.3 Å². The van der Waals surface area contributed by atoms with E-state index in [1.54, 1.807) is 0 Å². The topological polar surface area (TPSA) is 41.6 Å². The summed E-state index contributed by atoms with van der Waals surface area (Å²) in [7, 11) is 0. The first-order valence-corrected chi connectivity index (χ1v) is 9.38. The Labute approximate surface area is 154 Å². The van der Waals surface area contributed by atoms with Gasteiger partial charge in [0.25, 0.3) is 0 Å². The summed E-state index contributed by atoms with van der Waals surface area (Å²) in [5.41, 5.74) is 0.654. The number of nitrogens with zero attached hydrogens (tertiary/aromatic N) is 1. The molecule has 134 valence electrons. The van der Waals surface area contributed by atoms with Gasteiger partial charge in [0, 0.05) is 18.5 Å². The maximum Gasteiger partial charge on any atom is 0.412 e. The van der Waals surface area contributed by atoms with Gasteiger partial charge in [-0.1, -0.05) is 61.6 Å². The van der Waals surface area contributed by atoms with Gasteiger partial charge >= 0.3 is 6.09 Å². The van der Waals surface area contributed by atoms with E-state index in [9.17, 15) is 4.79 Å². The zero-order valence-corrected chi connectivity index (χ0v) is 14.9. The molecule has 0 aromatic heterocycles. The number of hydrogen-bond donors (Lipinski definition) is 1. The van der Waals surface area contributed by atoms with Crippen LogP contribution >= 0.6 is 0 Å². The first kappa shape index (κ1) is 16.9. The lowest BCUT2D eigenvalue weighted by Crippen LogP contribution is -2.63. The molecule has 0 unspecified atom stereocenters. The first-order chi connectivity index (χ1) is 12.7. The van der Waals surface area contributed by atoms with Crippen molar-refractivity contribution in [2.45, 2.75) is 43.7 Å². The highest BCUT2D eigenvalue weighted by molar-refractivity contribution is 6.00. The number of fused-ring (bicyclic) bond motifs is 1. The third kappa shape index (κ3) is 3.15. The molecule has 1 amide bonds. The SMILES string of the molecule is C#CC1(N2CC(OC(=O)Nc3cccc4ccccc34)C2)CCCCC1. The number of rotatable bonds is 3. The Morgan fingerprint density at radius 2 is 1.85 bits per heavy atom. The lowest BCUT2D eigenvalue weighted by atomic mass is 9.79. The minimum Gasteiger partial charge on any atom is -0.443 e. The van der Waals surface area contributed by atoms with Crippen molar-refractivity contribution in [1.82, 2.24) is 4.90 Å². The fraction of sp³-hybridized carbons (Fsp3) is 0.409. The fourth-order valence-electron chi connectivity index (χ4n) is 4.18. The molecule has 2 aliphatic rings. The molecular weight excluding hydrogens is 324 g/mol. The molecule has 1 heterocycles. The molecule has 1 saturated heterocycles. The molecule has 2 fully saturated rings. The van der Waals surface area contributed by atoms with E-state index in [2.05, 4.69) is 16.1 Å². The predicted molar refractivity (Wildman–Crippen MR) is 104 cm³/mol. The number of carbonyl (C=O) groups excluding carboxylic acids is 1. The third-order valence-corrected chi connectivity index (χ3v) is 5.70. The quantitative estimate of drug-likeness (QED) is 0.836. The van der Waals surface area contributed by atoms with Gasteiger partial charge in [-0.3, -0.25) is 10.2 Å². The molecule has 0 spiro atoms. The molecule has 4 nitrogen and oxygen atoms in total. The van der Waals surface area contributed by atoms with Gasteiger partial charge in [0.15, 0.2) is 0 Å². The molecule has 4 heteroatoms. The van der Waals surface area contributed by atoms with Gasteiger partial charge in [0.2, 0.25) is 0 Å². The standard InChI is InChI=1S/C22H24N2O2/c1-2-22(13-6-3-7-14-22)24-15-18(16-24)26-21(25)23-20-12-8-10-17-9-4-5-11-19(17)20/h1,4-5,8-12,18H,3,6-7,13-16H2,(H,23,25). The van der Waals surface area contributed by atoms with Crippen LogP contribution in [0.15, 0.2) is 42.5 Å². The van der Waals surface area contributed by atoms with Crippen molar-refractivity contribution in [1.29, 1.82) is 0 Å². The molecule has 1 N–H and O–H groups in total. The van der Waals surface area contributed by atoms with Gasteiger partial charge in [-0.2, -0.15) is 0 Å². The summed E-state index contributed by atoms with van der Waals surface area (Å²) in [5, 5.41) is 4.98. The minimum atomic E-state index is -0.399. The molecule has 1 aliphatic heterocycles. The molecule has 0 atom stereocenters. The summed E-state index contributed by atoms with van der Waals surface area (Å²) in [5.74, 6) is 3.02. The van der Waals surface area contributed by atoms with E-state index in [-0.39, 0.29) is 11.6 Å². The van der Waals surface area contributed by atoms with E-state index in [0.29, 0.717) is 0 Å². The average molecular weight is 348 g/mol. The molecule has 2 aromatic rings. The van der Waals surface area contributed by atoms with Crippen molar-refractivity contribution < 1.29 is 9.53 Å². The molecule has 1 aliphatic carbocycles. The summed E-state index contributed by atoms with van der Waals surface area (Å²) in [4.78, 5) is 14.6. The number of likely N-dealkylation sites (tertiary alicyclic amines) is 1. The number of ether oxygens (including phenoxy) is 1. The van der Waals surface area contributed by atoms with Crippen molar-refractivity contribution in [3.8, 4) is 12.3 Å². The van der Waals surface area contributed by atoms with Crippen LogP contribution in [-0.4, -0.2) is 35.7 Å². The van der Waals surface area contributed by atoms with E-state index < -0.39 is 6.09 Å². The Morgan fingerprint density at radius 1 is 1.12 bits per heavy atom. The molecule has 2 aromatic carbocycles. The average Bonchev–Trinajstić information content (AvgIpc) is 2.65. The monoisotopic (exact) mass is 348 g/mol. The lowest BCUT2D eigenvalue weighted by Gasteiger charge is -2.50. The fourth-order valence-corrected chi connectivity index (χ4v) is 4.18. The zero-order chi connectivity index (χ0) is 18.0. The van der Waals surface area contributed by atoms with Crippen LogP contribution in [0.4, 0.5) is 10.5 Å².